The lowest BCUT2D eigenvalue weighted by Gasteiger charge is -2.40. The van der Waals surface area contributed by atoms with Crippen LogP contribution in [-0.4, -0.2) is 59.3 Å². The second kappa shape index (κ2) is 12.6. The highest BCUT2D eigenvalue weighted by Crippen LogP contribution is 2.48. The van der Waals surface area contributed by atoms with Crippen molar-refractivity contribution in [1.29, 1.82) is 0 Å². The van der Waals surface area contributed by atoms with Crippen LogP contribution in [0.3, 0.4) is 0 Å². The first-order valence-electron chi connectivity index (χ1n) is 10.6. The molecule has 7 heteroatoms. The summed E-state index contributed by atoms with van der Waals surface area (Å²) in [5.74, 6) is 1.43. The van der Waals surface area contributed by atoms with Gasteiger partial charge >= 0.3 is 0 Å². The third kappa shape index (κ3) is 8.23. The molecule has 2 rings (SSSR count). The Morgan fingerprint density at radius 1 is 1.03 bits per heavy atom. The van der Waals surface area contributed by atoms with Crippen molar-refractivity contribution in [3.05, 3.63) is 42.2 Å². The first-order chi connectivity index (χ1) is 14.8. The predicted molar refractivity (Wildman–Crippen MR) is 149 cm³/mol. The van der Waals surface area contributed by atoms with Crippen LogP contribution in [0, 0.1) is 0 Å². The quantitative estimate of drug-likeness (QED) is 0.335. The number of aromatic nitrogens is 1. The van der Waals surface area contributed by atoms with Gasteiger partial charge in [-0.15, -0.1) is 0 Å². The Hall–Kier alpha value is -0.760. The fourth-order valence-corrected chi connectivity index (χ4v) is 2.95. The molecule has 0 fully saturated rings. The van der Waals surface area contributed by atoms with Crippen LogP contribution in [0.1, 0.15) is 39.7 Å². The molecule has 0 saturated heterocycles. The molecule has 0 aliphatic heterocycles. The first kappa shape index (κ1) is 29.3. The number of aliphatic hydroxyl groups excluding tert-OH is 1. The number of pyridine rings is 1. The second-order valence-corrected chi connectivity index (χ2v) is 16.4. The second-order valence-electron chi connectivity index (χ2n) is 9.38. The topological polar surface area (TPSA) is 51.6 Å². The van der Waals surface area contributed by atoms with Gasteiger partial charge in [0.1, 0.15) is 0 Å². The molecule has 1 atom stereocenters. The Morgan fingerprint density at radius 2 is 1.66 bits per heavy atom. The smallest absolute Gasteiger partial charge is 0.161 e. The Bertz CT molecular complexity index is 832. The van der Waals surface area contributed by atoms with Crippen molar-refractivity contribution >= 4 is 41.9 Å². The number of alkyl halides is 2. The minimum atomic E-state index is -0.552. The molecule has 1 unspecified atom stereocenters. The van der Waals surface area contributed by atoms with Crippen LogP contribution in [0.5, 0.6) is 11.5 Å². The maximum absolute atomic E-state index is 9.67. The van der Waals surface area contributed by atoms with Crippen molar-refractivity contribution in [2.75, 3.05) is 44.4 Å². The van der Waals surface area contributed by atoms with E-state index in [2.05, 4.69) is 83.3 Å². The molecule has 1 heterocycles. The van der Waals surface area contributed by atoms with E-state index < -0.39 is 4.32 Å². The number of methoxy groups -OCH3 is 1. The van der Waals surface area contributed by atoms with Crippen molar-refractivity contribution in [1.82, 2.24) is 4.98 Å². The van der Waals surface area contributed by atoms with Crippen molar-refractivity contribution in [3.63, 3.8) is 0 Å². The maximum Gasteiger partial charge on any atom is 0.161 e. The van der Waals surface area contributed by atoms with E-state index in [1.165, 1.54) is 0 Å². The first-order valence-corrected chi connectivity index (χ1v) is 15.4. The largest absolute Gasteiger partial charge is 0.493 e. The summed E-state index contributed by atoms with van der Waals surface area (Å²) in [6, 6.07) is 7.84. The van der Waals surface area contributed by atoms with Crippen LogP contribution >= 0.6 is 41.9 Å². The molecule has 4 nitrogen and oxygen atoms in total. The molecule has 0 aliphatic rings. The SMILES string of the molecule is CC(C)(C)S(C)(C)C.CCCOc1cc(-c2cncc(C(Br)(CO)CBr)c2)ccc1OC. The fraction of sp³-hybridized carbons (Fsp3) is 0.560. The zero-order chi connectivity index (χ0) is 24.6. The van der Waals surface area contributed by atoms with E-state index >= 15 is 0 Å². The van der Waals surface area contributed by atoms with Gasteiger partial charge in [0.2, 0.25) is 0 Å². The van der Waals surface area contributed by atoms with E-state index in [0.717, 1.165) is 28.9 Å². The van der Waals surface area contributed by atoms with E-state index in [1.54, 1.807) is 19.5 Å². The Morgan fingerprint density at radius 3 is 2.12 bits per heavy atom. The maximum atomic E-state index is 9.67. The van der Waals surface area contributed by atoms with Gasteiger partial charge in [-0.05, 0) is 59.3 Å². The Labute approximate surface area is 213 Å². The summed E-state index contributed by atoms with van der Waals surface area (Å²) in [5, 5.41) is 10.2. The van der Waals surface area contributed by atoms with Gasteiger partial charge < -0.3 is 14.6 Å². The van der Waals surface area contributed by atoms with Crippen molar-refractivity contribution < 1.29 is 14.6 Å². The van der Waals surface area contributed by atoms with E-state index in [0.29, 0.717) is 22.4 Å². The predicted octanol–water partition coefficient (Wildman–Crippen LogP) is 7.00. The van der Waals surface area contributed by atoms with Crippen LogP contribution in [0.4, 0.5) is 0 Å². The Balaban J connectivity index is 0.000000547. The number of halogens is 2. The van der Waals surface area contributed by atoms with E-state index in [1.807, 2.05) is 24.3 Å². The summed E-state index contributed by atoms with van der Waals surface area (Å²) < 4.78 is 11.1. The average Bonchev–Trinajstić information content (AvgIpc) is 2.76. The number of hydrogen-bond acceptors (Lipinski definition) is 4. The third-order valence-electron chi connectivity index (χ3n) is 5.51. The monoisotopic (exact) mass is 591 g/mol. The summed E-state index contributed by atoms with van der Waals surface area (Å²) in [6.45, 7) is 9.59. The van der Waals surface area contributed by atoms with Crippen molar-refractivity contribution in [2.45, 2.75) is 43.2 Å². The molecule has 1 N–H and O–H groups in total. The van der Waals surface area contributed by atoms with Gasteiger partial charge in [-0.2, -0.15) is 0 Å². The molecule has 1 aromatic carbocycles. The molecular formula is C25H39Br2NO3S. The van der Waals surface area contributed by atoms with Crippen LogP contribution in [-0.2, 0) is 4.32 Å². The molecule has 32 heavy (non-hydrogen) atoms. The lowest BCUT2D eigenvalue weighted by atomic mass is 9.99. The normalized spacial score (nSPS) is 14.1. The standard InChI is InChI=1S/C18H21Br2NO3.C7H18S/c1-3-6-24-17-8-13(4-5-16(17)23-2)14-7-15(10-21-9-14)18(20,11-19)12-22;1-7(2,3)8(4,5)6/h4-5,7-10,22H,3,6,11-12H2,1-2H3;1-6H3. The highest BCUT2D eigenvalue weighted by Gasteiger charge is 2.27. The van der Waals surface area contributed by atoms with Gasteiger partial charge in [0.05, 0.1) is 24.6 Å². The van der Waals surface area contributed by atoms with E-state index in [9.17, 15) is 5.11 Å². The highest BCUT2D eigenvalue weighted by atomic mass is 79.9. The van der Waals surface area contributed by atoms with Crippen LogP contribution in [0.25, 0.3) is 11.1 Å². The zero-order valence-electron chi connectivity index (χ0n) is 20.7. The molecular weight excluding hydrogens is 554 g/mol. The number of nitrogens with zero attached hydrogens (tertiary/aromatic N) is 1. The van der Waals surface area contributed by atoms with Crippen molar-refractivity contribution in [2.24, 2.45) is 0 Å². The van der Waals surface area contributed by atoms with Gasteiger partial charge in [0.25, 0.3) is 0 Å². The number of benzene rings is 1. The molecule has 2 aromatic rings. The lowest BCUT2D eigenvalue weighted by Crippen LogP contribution is -2.24. The van der Waals surface area contributed by atoms with Gasteiger partial charge in [-0.3, -0.25) is 4.98 Å². The molecule has 0 aliphatic carbocycles. The highest BCUT2D eigenvalue weighted by molar-refractivity contribution is 9.12. The van der Waals surface area contributed by atoms with E-state index in [4.69, 9.17) is 9.47 Å². The zero-order valence-corrected chi connectivity index (χ0v) is 24.7. The molecule has 182 valence electrons. The van der Waals surface area contributed by atoms with Gasteiger partial charge in [0, 0.05) is 23.3 Å². The summed E-state index contributed by atoms with van der Waals surface area (Å²) in [5.41, 5.74) is 2.85. The minimum absolute atomic E-state index is 0.0309. The lowest BCUT2D eigenvalue weighted by molar-refractivity contribution is 0.263. The average molecular weight is 593 g/mol. The molecule has 1 aromatic heterocycles. The molecule has 0 saturated carbocycles. The summed E-state index contributed by atoms with van der Waals surface area (Å²) in [6.07, 6.45) is 11.5. The van der Waals surface area contributed by atoms with Crippen molar-refractivity contribution in [3.8, 4) is 22.6 Å². The summed E-state index contributed by atoms with van der Waals surface area (Å²) in [4.78, 5) is 4.32. The summed E-state index contributed by atoms with van der Waals surface area (Å²) >= 11 is 7.03. The molecule has 0 amide bonds. The number of hydrogen-bond donors (Lipinski definition) is 1. The van der Waals surface area contributed by atoms with Gasteiger partial charge in [-0.25, -0.2) is 10.0 Å². The van der Waals surface area contributed by atoms with E-state index in [-0.39, 0.29) is 16.6 Å². The number of aliphatic hydroxyl groups is 1. The molecule has 0 bridgehead atoms. The van der Waals surface area contributed by atoms with Gasteiger partial charge in [-0.1, -0.05) is 65.6 Å². The third-order valence-corrected chi connectivity index (χ3v) is 11.9. The molecule has 0 spiro atoms. The van der Waals surface area contributed by atoms with Gasteiger partial charge in [0.15, 0.2) is 11.5 Å². The van der Waals surface area contributed by atoms with Crippen LogP contribution in [0.2, 0.25) is 0 Å². The van der Waals surface area contributed by atoms with Crippen LogP contribution in [0.15, 0.2) is 36.7 Å². The molecule has 0 radical (unpaired) electrons. The van der Waals surface area contributed by atoms with Crippen LogP contribution < -0.4 is 9.47 Å². The number of ether oxygens (including phenoxy) is 2. The summed E-state index contributed by atoms with van der Waals surface area (Å²) in [7, 11) is 1.29. The fourth-order valence-electron chi connectivity index (χ4n) is 2.23. The Kier molecular flexibility index (Phi) is 11.6. The minimum Gasteiger partial charge on any atom is -0.493 e. The number of rotatable bonds is 8.